The van der Waals surface area contributed by atoms with Gasteiger partial charge in [0.15, 0.2) is 0 Å². The Morgan fingerprint density at radius 2 is 2.00 bits per heavy atom. The van der Waals surface area contributed by atoms with Crippen LogP contribution in [0.25, 0.3) is 0 Å². The number of carbonyl (C=O) groups is 1. The third-order valence-corrected chi connectivity index (χ3v) is 2.97. The van der Waals surface area contributed by atoms with Gasteiger partial charge < -0.3 is 15.3 Å². The molecule has 2 unspecified atom stereocenters. The molecule has 3 N–H and O–H groups in total. The molecule has 94 valence electrons. The van der Waals surface area contributed by atoms with Gasteiger partial charge in [-0.25, -0.2) is 0 Å². The number of nitrogens with one attached hydrogen (secondary N) is 1. The predicted molar refractivity (Wildman–Crippen MR) is 65.0 cm³/mol. The van der Waals surface area contributed by atoms with Gasteiger partial charge in [0.05, 0.1) is 6.54 Å². The van der Waals surface area contributed by atoms with E-state index in [4.69, 9.17) is 10.00 Å². The number of Topliss-reactive ketones (excluding diaryl/α,β-unsaturated/α-hetero) is 1. The lowest BCUT2D eigenvalue weighted by Crippen LogP contribution is -2.24. The zero-order valence-corrected chi connectivity index (χ0v) is 10.3. The molecule has 0 spiro atoms. The Kier molecular flexibility index (Phi) is 6.08. The van der Waals surface area contributed by atoms with E-state index in [1.54, 1.807) is 0 Å². The molecule has 0 fully saturated rings. The molecule has 0 radical (unpaired) electrons. The fourth-order valence-corrected chi connectivity index (χ4v) is 1.72. The maximum Gasteiger partial charge on any atom is 0.217 e. The number of aliphatic hydroxyl groups excluding tert-OH is 1. The highest BCUT2D eigenvalue weighted by Gasteiger charge is 2.14. The van der Waals surface area contributed by atoms with E-state index >= 15 is 0 Å². The Morgan fingerprint density at radius 3 is 2.59 bits per heavy atom. The SMILES string of the molecule is O=C(CNCc1ccccc1)CC(O)[PH](=O)O. The van der Waals surface area contributed by atoms with E-state index in [1.807, 2.05) is 30.3 Å². The van der Waals surface area contributed by atoms with Crippen molar-refractivity contribution >= 4 is 13.8 Å². The summed E-state index contributed by atoms with van der Waals surface area (Å²) in [5.74, 6) is -1.70. The summed E-state index contributed by atoms with van der Waals surface area (Å²) in [5, 5.41) is 12.0. The minimum absolute atomic E-state index is 0.0844. The normalized spacial score (nSPS) is 14.2. The monoisotopic (exact) mass is 257 g/mol. The van der Waals surface area contributed by atoms with Crippen LogP contribution in [-0.4, -0.2) is 28.2 Å². The van der Waals surface area contributed by atoms with E-state index in [-0.39, 0.29) is 18.7 Å². The Morgan fingerprint density at radius 1 is 1.35 bits per heavy atom. The molecular weight excluding hydrogens is 241 g/mol. The number of carbonyl (C=O) groups excluding carboxylic acids is 1. The first-order valence-corrected chi connectivity index (χ1v) is 6.70. The van der Waals surface area contributed by atoms with Gasteiger partial charge >= 0.3 is 0 Å². The highest BCUT2D eigenvalue weighted by molar-refractivity contribution is 7.38. The lowest BCUT2D eigenvalue weighted by atomic mass is 10.2. The molecule has 0 amide bonds. The van der Waals surface area contributed by atoms with Crippen LogP contribution in [0.15, 0.2) is 30.3 Å². The van der Waals surface area contributed by atoms with Crippen LogP contribution >= 0.6 is 8.03 Å². The zero-order valence-electron chi connectivity index (χ0n) is 9.30. The second-order valence-electron chi connectivity index (χ2n) is 3.69. The third kappa shape index (κ3) is 5.75. The van der Waals surface area contributed by atoms with Crippen LogP contribution in [0.1, 0.15) is 12.0 Å². The van der Waals surface area contributed by atoms with E-state index in [1.165, 1.54) is 0 Å². The van der Waals surface area contributed by atoms with Crippen LogP contribution in [0, 0.1) is 0 Å². The quantitative estimate of drug-likeness (QED) is 0.620. The van der Waals surface area contributed by atoms with Crippen LogP contribution in [0.3, 0.4) is 0 Å². The van der Waals surface area contributed by atoms with Crippen molar-refractivity contribution in [1.82, 2.24) is 5.32 Å². The van der Waals surface area contributed by atoms with Crippen molar-refractivity contribution in [3.63, 3.8) is 0 Å². The van der Waals surface area contributed by atoms with Crippen molar-refractivity contribution in [2.24, 2.45) is 0 Å². The number of hydrogen-bond donors (Lipinski definition) is 3. The summed E-state index contributed by atoms with van der Waals surface area (Å²) in [6, 6.07) is 9.57. The Labute approximate surface area is 100 Å². The molecule has 2 atom stereocenters. The Hall–Kier alpha value is -1.00. The summed E-state index contributed by atoms with van der Waals surface area (Å²) in [5.41, 5.74) is 1.05. The number of benzene rings is 1. The van der Waals surface area contributed by atoms with Crippen LogP contribution in [0.5, 0.6) is 0 Å². The van der Waals surface area contributed by atoms with Gasteiger partial charge in [-0.15, -0.1) is 0 Å². The number of aliphatic hydroxyl groups is 1. The van der Waals surface area contributed by atoms with E-state index in [0.717, 1.165) is 5.56 Å². The second-order valence-corrected chi connectivity index (χ2v) is 5.03. The molecule has 6 heteroatoms. The molecule has 1 aromatic carbocycles. The van der Waals surface area contributed by atoms with Crippen LogP contribution in [0.2, 0.25) is 0 Å². The molecule has 0 saturated carbocycles. The first-order chi connectivity index (χ1) is 8.09. The van der Waals surface area contributed by atoms with Crippen molar-refractivity contribution in [2.75, 3.05) is 6.54 Å². The molecule has 0 saturated heterocycles. The van der Waals surface area contributed by atoms with Gasteiger partial charge in [-0.2, -0.15) is 0 Å². The van der Waals surface area contributed by atoms with Crippen molar-refractivity contribution in [3.8, 4) is 0 Å². The largest absolute Gasteiger partial charge is 0.383 e. The van der Waals surface area contributed by atoms with E-state index in [0.29, 0.717) is 6.54 Å². The van der Waals surface area contributed by atoms with Crippen LogP contribution in [0.4, 0.5) is 0 Å². The summed E-state index contributed by atoms with van der Waals surface area (Å²) < 4.78 is 10.5. The number of hydrogen-bond acceptors (Lipinski definition) is 4. The van der Waals surface area contributed by atoms with Gasteiger partial charge in [0.1, 0.15) is 11.6 Å². The molecule has 0 aromatic heterocycles. The van der Waals surface area contributed by atoms with Gasteiger partial charge in [-0.1, -0.05) is 30.3 Å². The lowest BCUT2D eigenvalue weighted by molar-refractivity contribution is -0.119. The average molecular weight is 257 g/mol. The van der Waals surface area contributed by atoms with Crippen LogP contribution < -0.4 is 5.32 Å². The minimum Gasteiger partial charge on any atom is -0.383 e. The fourth-order valence-electron chi connectivity index (χ4n) is 1.32. The predicted octanol–water partition coefficient (Wildman–Crippen LogP) is 0.521. The minimum atomic E-state index is -3.03. The van der Waals surface area contributed by atoms with Crippen molar-refractivity contribution < 1.29 is 19.4 Å². The molecule has 0 bridgehead atoms. The van der Waals surface area contributed by atoms with Crippen molar-refractivity contribution in [3.05, 3.63) is 35.9 Å². The fraction of sp³-hybridized carbons (Fsp3) is 0.364. The summed E-state index contributed by atoms with van der Waals surface area (Å²) in [7, 11) is -3.03. The molecule has 17 heavy (non-hydrogen) atoms. The summed E-state index contributed by atoms with van der Waals surface area (Å²) in [6.45, 7) is 0.637. The smallest absolute Gasteiger partial charge is 0.217 e. The van der Waals surface area contributed by atoms with E-state index in [9.17, 15) is 9.36 Å². The number of ketones is 1. The summed E-state index contributed by atoms with van der Waals surface area (Å²) in [6.07, 6.45) is -0.282. The van der Waals surface area contributed by atoms with Gasteiger partial charge in [0, 0.05) is 13.0 Å². The first-order valence-electron chi connectivity index (χ1n) is 5.27. The topological polar surface area (TPSA) is 86.6 Å². The summed E-state index contributed by atoms with van der Waals surface area (Å²) in [4.78, 5) is 19.9. The van der Waals surface area contributed by atoms with Crippen molar-refractivity contribution in [1.29, 1.82) is 0 Å². The second kappa shape index (κ2) is 7.35. The molecule has 0 aliphatic carbocycles. The van der Waals surface area contributed by atoms with Crippen LogP contribution in [-0.2, 0) is 15.9 Å². The average Bonchev–Trinajstić information content (AvgIpc) is 2.30. The maximum atomic E-state index is 11.3. The molecular formula is C11H16NO4P. The molecule has 0 aliphatic rings. The van der Waals surface area contributed by atoms with Gasteiger partial charge in [0.2, 0.25) is 8.03 Å². The van der Waals surface area contributed by atoms with Gasteiger partial charge in [0.25, 0.3) is 0 Å². The standard InChI is InChI=1S/C11H16NO4P/c13-10(6-11(14)17(15)16)8-12-7-9-4-2-1-3-5-9/h1-5,11-12,14,17H,6-8H2,(H,15,16). The third-order valence-electron chi connectivity index (χ3n) is 2.20. The Balaban J connectivity index is 2.23. The highest BCUT2D eigenvalue weighted by atomic mass is 31.1. The van der Waals surface area contributed by atoms with Gasteiger partial charge in [-0.3, -0.25) is 9.36 Å². The maximum absolute atomic E-state index is 11.3. The Bertz CT molecular complexity index is 382. The van der Waals surface area contributed by atoms with Crippen molar-refractivity contribution in [2.45, 2.75) is 18.8 Å². The molecule has 0 aliphatic heterocycles. The summed E-state index contributed by atoms with van der Waals surface area (Å²) >= 11 is 0. The highest BCUT2D eigenvalue weighted by Crippen LogP contribution is 2.22. The first kappa shape index (κ1) is 14.1. The van der Waals surface area contributed by atoms with E-state index in [2.05, 4.69) is 5.32 Å². The van der Waals surface area contributed by atoms with Gasteiger partial charge in [-0.05, 0) is 5.56 Å². The lowest BCUT2D eigenvalue weighted by Gasteiger charge is -2.07. The number of rotatable bonds is 7. The van der Waals surface area contributed by atoms with E-state index < -0.39 is 13.9 Å². The molecule has 1 aromatic rings. The molecule has 5 nitrogen and oxygen atoms in total. The zero-order chi connectivity index (χ0) is 12.7. The molecule has 0 heterocycles. The molecule has 1 rings (SSSR count).